The Morgan fingerprint density at radius 2 is 0.947 bits per heavy atom. The SMILES string of the molecule is CC(=O)OCOCCOCOCCOCOC(C)=O. The summed E-state index contributed by atoms with van der Waals surface area (Å²) in [6.45, 7) is 3.82. The largest absolute Gasteiger partial charge is 0.439 e. The second-order valence-corrected chi connectivity index (χ2v) is 3.26. The average Bonchev–Trinajstić information content (AvgIpc) is 2.34. The first kappa shape index (κ1) is 17.8. The molecule has 0 aliphatic rings. The summed E-state index contributed by atoms with van der Waals surface area (Å²) in [6.07, 6.45) is 0. The van der Waals surface area contributed by atoms with Crippen LogP contribution < -0.4 is 0 Å². The van der Waals surface area contributed by atoms with Gasteiger partial charge in [-0.3, -0.25) is 9.59 Å². The normalized spacial score (nSPS) is 10.2. The zero-order chi connectivity index (χ0) is 14.3. The number of carbonyl (C=O) groups excluding carboxylic acids is 2. The molecule has 0 unspecified atom stereocenters. The molecule has 0 bridgehead atoms. The van der Waals surface area contributed by atoms with Gasteiger partial charge in [0.15, 0.2) is 13.6 Å². The van der Waals surface area contributed by atoms with Gasteiger partial charge in [0.2, 0.25) is 0 Å². The van der Waals surface area contributed by atoms with Gasteiger partial charge >= 0.3 is 11.9 Å². The fraction of sp³-hybridized carbons (Fsp3) is 0.818. The minimum absolute atomic E-state index is 0.0798. The van der Waals surface area contributed by atoms with E-state index in [9.17, 15) is 9.59 Å². The quantitative estimate of drug-likeness (QED) is 0.281. The second-order valence-electron chi connectivity index (χ2n) is 3.26. The zero-order valence-electron chi connectivity index (χ0n) is 11.2. The number of esters is 2. The van der Waals surface area contributed by atoms with E-state index >= 15 is 0 Å². The third-order valence-electron chi connectivity index (χ3n) is 1.60. The van der Waals surface area contributed by atoms with Crippen molar-refractivity contribution in [3.63, 3.8) is 0 Å². The summed E-state index contributed by atoms with van der Waals surface area (Å²) in [5.41, 5.74) is 0. The number of rotatable bonds is 12. The third-order valence-corrected chi connectivity index (χ3v) is 1.60. The van der Waals surface area contributed by atoms with E-state index in [4.69, 9.17) is 18.9 Å². The van der Waals surface area contributed by atoms with Crippen molar-refractivity contribution in [2.45, 2.75) is 13.8 Å². The molecule has 0 rings (SSSR count). The van der Waals surface area contributed by atoms with Gasteiger partial charge < -0.3 is 28.4 Å². The van der Waals surface area contributed by atoms with Gasteiger partial charge in [0.05, 0.1) is 26.4 Å². The van der Waals surface area contributed by atoms with Crippen LogP contribution in [0.5, 0.6) is 0 Å². The van der Waals surface area contributed by atoms with Gasteiger partial charge in [-0.2, -0.15) is 0 Å². The van der Waals surface area contributed by atoms with Crippen molar-refractivity contribution in [3.05, 3.63) is 0 Å². The van der Waals surface area contributed by atoms with Gasteiger partial charge in [-0.1, -0.05) is 0 Å². The molecule has 0 radical (unpaired) electrons. The molecule has 8 nitrogen and oxygen atoms in total. The summed E-state index contributed by atoms with van der Waals surface area (Å²) in [5.74, 6) is -0.781. The molecule has 0 aromatic heterocycles. The highest BCUT2D eigenvalue weighted by atomic mass is 16.7. The van der Waals surface area contributed by atoms with Crippen molar-refractivity contribution in [3.8, 4) is 0 Å². The topological polar surface area (TPSA) is 89.5 Å². The first-order valence-electron chi connectivity index (χ1n) is 5.70. The molecule has 8 heteroatoms. The smallest absolute Gasteiger partial charge is 0.304 e. The lowest BCUT2D eigenvalue weighted by molar-refractivity contribution is -0.157. The number of carbonyl (C=O) groups is 2. The minimum atomic E-state index is -0.391. The van der Waals surface area contributed by atoms with Crippen molar-refractivity contribution in [2.24, 2.45) is 0 Å². The van der Waals surface area contributed by atoms with E-state index < -0.39 is 11.9 Å². The van der Waals surface area contributed by atoms with Gasteiger partial charge in [0.25, 0.3) is 0 Å². The molecular formula is C11H20O8. The third kappa shape index (κ3) is 16.8. The van der Waals surface area contributed by atoms with E-state index in [0.29, 0.717) is 26.4 Å². The van der Waals surface area contributed by atoms with Gasteiger partial charge in [-0.15, -0.1) is 0 Å². The van der Waals surface area contributed by atoms with Crippen LogP contribution in [0.15, 0.2) is 0 Å². The number of hydrogen-bond donors (Lipinski definition) is 0. The Morgan fingerprint density at radius 3 is 1.26 bits per heavy atom. The Kier molecular flexibility index (Phi) is 12.4. The Bertz CT molecular complexity index is 219. The zero-order valence-corrected chi connectivity index (χ0v) is 11.2. The number of hydrogen-bond acceptors (Lipinski definition) is 8. The standard InChI is InChI=1S/C11H20O8/c1-10(12)18-8-16-5-3-14-7-15-4-6-17-9-19-11(2)13/h3-9H2,1-2H3. The van der Waals surface area contributed by atoms with Crippen molar-refractivity contribution < 1.29 is 38.0 Å². The highest BCUT2D eigenvalue weighted by Gasteiger charge is 1.94. The molecule has 0 amide bonds. The molecule has 0 aliphatic heterocycles. The van der Waals surface area contributed by atoms with Crippen LogP contribution >= 0.6 is 0 Å². The predicted molar refractivity (Wildman–Crippen MR) is 61.9 cm³/mol. The Hall–Kier alpha value is -1.22. The van der Waals surface area contributed by atoms with E-state index in [-0.39, 0.29) is 20.4 Å². The van der Waals surface area contributed by atoms with Gasteiger partial charge in [-0.05, 0) is 0 Å². The maximum atomic E-state index is 10.4. The molecular weight excluding hydrogens is 260 g/mol. The lowest BCUT2D eigenvalue weighted by atomic mass is 10.8. The minimum Gasteiger partial charge on any atom is -0.439 e. The summed E-state index contributed by atoms with van der Waals surface area (Å²) in [6, 6.07) is 0. The van der Waals surface area contributed by atoms with E-state index in [0.717, 1.165) is 0 Å². The summed E-state index contributed by atoms with van der Waals surface area (Å²) in [7, 11) is 0. The van der Waals surface area contributed by atoms with Crippen LogP contribution in [0.25, 0.3) is 0 Å². The van der Waals surface area contributed by atoms with Crippen molar-refractivity contribution in [2.75, 3.05) is 46.8 Å². The molecule has 0 atom stereocenters. The van der Waals surface area contributed by atoms with E-state index in [1.165, 1.54) is 13.8 Å². The second kappa shape index (κ2) is 13.2. The molecule has 0 heterocycles. The summed E-state index contributed by atoms with van der Waals surface area (Å²) >= 11 is 0. The molecule has 0 aliphatic carbocycles. The first-order valence-corrected chi connectivity index (χ1v) is 5.70. The summed E-state index contributed by atoms with van der Waals surface area (Å²) in [5, 5.41) is 0. The van der Waals surface area contributed by atoms with E-state index in [1.54, 1.807) is 0 Å². The molecule has 19 heavy (non-hydrogen) atoms. The van der Waals surface area contributed by atoms with Crippen LogP contribution in [0.2, 0.25) is 0 Å². The fourth-order valence-corrected chi connectivity index (χ4v) is 0.780. The first-order chi connectivity index (χ1) is 9.13. The maximum absolute atomic E-state index is 10.4. The van der Waals surface area contributed by atoms with Gasteiger partial charge in [0.1, 0.15) is 6.79 Å². The molecule has 0 aromatic carbocycles. The van der Waals surface area contributed by atoms with Gasteiger partial charge in [-0.25, -0.2) is 0 Å². The number of ether oxygens (including phenoxy) is 6. The van der Waals surface area contributed by atoms with Crippen LogP contribution in [0.1, 0.15) is 13.8 Å². The highest BCUT2D eigenvalue weighted by molar-refractivity contribution is 5.66. The molecule has 0 aromatic rings. The molecule has 112 valence electrons. The highest BCUT2D eigenvalue weighted by Crippen LogP contribution is 1.85. The molecule has 0 saturated carbocycles. The van der Waals surface area contributed by atoms with Crippen LogP contribution in [-0.4, -0.2) is 58.7 Å². The Balaban J connectivity index is 2.99. The van der Waals surface area contributed by atoms with Crippen LogP contribution in [0, 0.1) is 0 Å². The fourth-order valence-electron chi connectivity index (χ4n) is 0.780. The lowest BCUT2D eigenvalue weighted by Crippen LogP contribution is -2.13. The van der Waals surface area contributed by atoms with Crippen LogP contribution in [0.4, 0.5) is 0 Å². The Morgan fingerprint density at radius 1 is 0.632 bits per heavy atom. The van der Waals surface area contributed by atoms with Crippen molar-refractivity contribution in [1.29, 1.82) is 0 Å². The average molecular weight is 280 g/mol. The van der Waals surface area contributed by atoms with E-state index in [2.05, 4.69) is 9.47 Å². The van der Waals surface area contributed by atoms with E-state index in [1.807, 2.05) is 0 Å². The van der Waals surface area contributed by atoms with Crippen molar-refractivity contribution in [1.82, 2.24) is 0 Å². The monoisotopic (exact) mass is 280 g/mol. The maximum Gasteiger partial charge on any atom is 0.304 e. The molecule has 0 spiro atoms. The predicted octanol–water partition coefficient (Wildman–Crippen LogP) is 0.0515. The molecule has 0 N–H and O–H groups in total. The van der Waals surface area contributed by atoms with Gasteiger partial charge in [0, 0.05) is 13.8 Å². The van der Waals surface area contributed by atoms with Crippen molar-refractivity contribution >= 4 is 11.9 Å². The van der Waals surface area contributed by atoms with Crippen LogP contribution in [-0.2, 0) is 38.0 Å². The van der Waals surface area contributed by atoms with Crippen LogP contribution in [0.3, 0.4) is 0 Å². The summed E-state index contributed by atoms with van der Waals surface area (Å²) in [4.78, 5) is 20.7. The molecule has 0 fully saturated rings. The Labute approximate surface area is 111 Å². The lowest BCUT2D eigenvalue weighted by Gasteiger charge is -2.07. The molecule has 0 saturated heterocycles. The summed E-state index contributed by atoms with van der Waals surface area (Å²) < 4.78 is 29.1.